The van der Waals surface area contributed by atoms with Gasteiger partial charge in [-0.15, -0.1) is 0 Å². The average molecular weight is 723 g/mol. The molecule has 11 nitrogen and oxygen atoms in total. The topological polar surface area (TPSA) is 161 Å². The Labute approximate surface area is 305 Å². The second-order valence-corrected chi connectivity index (χ2v) is 15.4. The first kappa shape index (κ1) is 38.3. The summed E-state index contributed by atoms with van der Waals surface area (Å²) in [7, 11) is 1.52. The monoisotopic (exact) mass is 722 g/mol. The molecule has 1 spiro atoms. The summed E-state index contributed by atoms with van der Waals surface area (Å²) in [6.45, 7) is 9.89. The summed E-state index contributed by atoms with van der Waals surface area (Å²) in [6.07, 6.45) is 3.78. The number of nitrogens with one attached hydrogen (secondary N) is 3. The number of benzene rings is 2. The van der Waals surface area contributed by atoms with Gasteiger partial charge in [-0.05, 0) is 73.9 Å². The van der Waals surface area contributed by atoms with Gasteiger partial charge in [-0.3, -0.25) is 14.4 Å². The first-order chi connectivity index (χ1) is 24.2. The first-order valence-corrected chi connectivity index (χ1v) is 18.1. The minimum absolute atomic E-state index is 0.0745. The Morgan fingerprint density at radius 3 is 2.27 bits per heavy atom. The van der Waals surface area contributed by atoms with E-state index in [9.17, 15) is 19.2 Å². The lowest BCUT2D eigenvalue weighted by atomic mass is 9.80. The molecule has 6 atom stereocenters. The molecule has 1 aliphatic carbocycles. The average Bonchev–Trinajstić information content (AvgIpc) is 4.02. The maximum absolute atomic E-state index is 14.0. The molecule has 2 heterocycles. The standard InChI is InChI=1S/C39H51ClN4O7/c1-22(2)18-29-36(47)50-30(23(3)33-34(51-33)26-13-10-24(21-41)11-14-26)8-7-9-32(45)42-28(20-25-12-15-31(49-6)27(40)19-25)35(46)44-39(16-17-39)38(4,5)37(48)43-29/h7,9-15,19,22-23,28-30,33-34H,8,16-18,20-21,41H2,1-6H3,(H,42,45)(H,43,48)(H,44,46)/b9-7+/t23-,28+,29-,30-,33?,34?/m0/s1. The van der Waals surface area contributed by atoms with Crippen LogP contribution >= 0.6 is 11.6 Å². The lowest BCUT2D eigenvalue weighted by Crippen LogP contribution is -2.60. The SMILES string of the molecule is COc1ccc(C[C@H]2NC(=O)/C=C/C[C@@H]([C@H](C)C3OC3c3ccc(CN)cc3)OC(=O)[C@H](CC(C)C)NC(=O)C(C)(C)C3(CC3)NC2=O)cc1Cl. The first-order valence-electron chi connectivity index (χ1n) is 17.7. The lowest BCUT2D eigenvalue weighted by molar-refractivity contribution is -0.157. The van der Waals surface area contributed by atoms with Crippen molar-refractivity contribution >= 4 is 35.3 Å². The highest BCUT2D eigenvalue weighted by Gasteiger charge is 2.60. The number of hydrogen-bond donors (Lipinski definition) is 4. The van der Waals surface area contributed by atoms with E-state index in [1.807, 2.05) is 45.0 Å². The van der Waals surface area contributed by atoms with Gasteiger partial charge >= 0.3 is 5.97 Å². The molecule has 5 N–H and O–H groups in total. The Bertz CT molecular complexity index is 1640. The zero-order valence-corrected chi connectivity index (χ0v) is 31.0. The van der Waals surface area contributed by atoms with Crippen molar-refractivity contribution in [3.05, 3.63) is 76.3 Å². The Kier molecular flexibility index (Phi) is 11.8. The van der Waals surface area contributed by atoms with Crippen molar-refractivity contribution in [2.24, 2.45) is 23.0 Å². The predicted molar refractivity (Wildman–Crippen MR) is 194 cm³/mol. The third kappa shape index (κ3) is 8.94. The van der Waals surface area contributed by atoms with Crippen LogP contribution in [-0.2, 0) is 41.6 Å². The van der Waals surface area contributed by atoms with Crippen molar-refractivity contribution in [3.8, 4) is 5.75 Å². The molecule has 3 amide bonds. The second-order valence-electron chi connectivity index (χ2n) is 15.0. The molecular formula is C39H51ClN4O7. The summed E-state index contributed by atoms with van der Waals surface area (Å²) < 4.78 is 17.6. The van der Waals surface area contributed by atoms with Crippen LogP contribution in [0.5, 0.6) is 5.75 Å². The Morgan fingerprint density at radius 1 is 0.980 bits per heavy atom. The second kappa shape index (κ2) is 15.8. The minimum atomic E-state index is -1.09. The summed E-state index contributed by atoms with van der Waals surface area (Å²) in [4.78, 5) is 55.2. The molecule has 3 aliphatic rings. The van der Waals surface area contributed by atoms with Crippen LogP contribution in [0.3, 0.4) is 0 Å². The van der Waals surface area contributed by atoms with Gasteiger partial charge in [0.2, 0.25) is 17.7 Å². The number of rotatable bonds is 9. The fourth-order valence-corrected chi connectivity index (χ4v) is 7.14. The van der Waals surface area contributed by atoms with Crippen molar-refractivity contribution in [2.75, 3.05) is 7.11 Å². The summed E-state index contributed by atoms with van der Waals surface area (Å²) in [5.74, 6) is -1.51. The van der Waals surface area contributed by atoms with E-state index in [1.54, 1.807) is 38.1 Å². The molecule has 276 valence electrons. The number of methoxy groups -OCH3 is 1. The number of carbonyl (C=O) groups excluding carboxylic acids is 4. The van der Waals surface area contributed by atoms with E-state index in [0.717, 1.165) is 16.7 Å². The summed E-state index contributed by atoms with van der Waals surface area (Å²) in [5, 5.41) is 9.31. The van der Waals surface area contributed by atoms with Crippen molar-refractivity contribution in [3.63, 3.8) is 0 Å². The van der Waals surface area contributed by atoms with Crippen LogP contribution in [0.15, 0.2) is 54.6 Å². The number of hydrogen-bond acceptors (Lipinski definition) is 8. The number of nitrogens with two attached hydrogens (primary N) is 1. The molecule has 51 heavy (non-hydrogen) atoms. The lowest BCUT2D eigenvalue weighted by Gasteiger charge is -2.36. The third-order valence-electron chi connectivity index (χ3n) is 10.5. The van der Waals surface area contributed by atoms with E-state index in [-0.39, 0.29) is 42.8 Å². The van der Waals surface area contributed by atoms with E-state index in [2.05, 4.69) is 16.0 Å². The Balaban J connectivity index is 1.44. The highest BCUT2D eigenvalue weighted by molar-refractivity contribution is 6.32. The summed E-state index contributed by atoms with van der Waals surface area (Å²) >= 11 is 6.39. The van der Waals surface area contributed by atoms with Gasteiger partial charge in [0, 0.05) is 25.3 Å². The van der Waals surface area contributed by atoms with E-state index < -0.39 is 46.9 Å². The number of amides is 3. The van der Waals surface area contributed by atoms with Gasteiger partial charge in [0.15, 0.2) is 0 Å². The minimum Gasteiger partial charge on any atom is -0.495 e. The van der Waals surface area contributed by atoms with Crippen LogP contribution in [0.2, 0.25) is 5.02 Å². The molecule has 2 aromatic carbocycles. The molecule has 1 saturated carbocycles. The normalized spacial score (nSPS) is 27.5. The third-order valence-corrected chi connectivity index (χ3v) is 10.8. The molecule has 2 unspecified atom stereocenters. The maximum Gasteiger partial charge on any atom is 0.328 e. The molecule has 0 bridgehead atoms. The zero-order valence-electron chi connectivity index (χ0n) is 30.3. The number of epoxide rings is 1. The van der Waals surface area contributed by atoms with E-state index in [1.165, 1.54) is 13.2 Å². The molecular weight excluding hydrogens is 672 g/mol. The predicted octanol–water partition coefficient (Wildman–Crippen LogP) is 4.69. The van der Waals surface area contributed by atoms with Crippen LogP contribution in [0.4, 0.5) is 0 Å². The molecule has 2 fully saturated rings. The van der Waals surface area contributed by atoms with Crippen molar-refractivity contribution < 1.29 is 33.4 Å². The van der Waals surface area contributed by atoms with Gasteiger partial charge in [-0.1, -0.05) is 68.8 Å². The van der Waals surface area contributed by atoms with Crippen LogP contribution in [0, 0.1) is 17.3 Å². The summed E-state index contributed by atoms with van der Waals surface area (Å²) in [6, 6.07) is 11.2. The van der Waals surface area contributed by atoms with E-state index in [0.29, 0.717) is 36.6 Å². The van der Waals surface area contributed by atoms with Gasteiger partial charge in [-0.25, -0.2) is 4.79 Å². The number of halogens is 1. The van der Waals surface area contributed by atoms with Gasteiger partial charge in [0.1, 0.15) is 30.0 Å². The fraction of sp³-hybridized carbons (Fsp3) is 0.538. The molecule has 2 aliphatic heterocycles. The number of ether oxygens (including phenoxy) is 3. The van der Waals surface area contributed by atoms with Crippen LogP contribution < -0.4 is 26.4 Å². The molecule has 2 aromatic rings. The molecule has 12 heteroatoms. The van der Waals surface area contributed by atoms with E-state index in [4.69, 9.17) is 31.5 Å². The molecule has 1 saturated heterocycles. The quantitative estimate of drug-likeness (QED) is 0.214. The summed E-state index contributed by atoms with van der Waals surface area (Å²) in [5.41, 5.74) is 6.55. The smallest absolute Gasteiger partial charge is 0.328 e. The van der Waals surface area contributed by atoms with Crippen LogP contribution in [0.25, 0.3) is 0 Å². The van der Waals surface area contributed by atoms with Crippen molar-refractivity contribution in [1.29, 1.82) is 0 Å². The highest BCUT2D eigenvalue weighted by atomic mass is 35.5. The largest absolute Gasteiger partial charge is 0.495 e. The highest BCUT2D eigenvalue weighted by Crippen LogP contribution is 2.50. The number of esters is 1. The van der Waals surface area contributed by atoms with Gasteiger partial charge < -0.3 is 35.9 Å². The van der Waals surface area contributed by atoms with E-state index >= 15 is 0 Å². The van der Waals surface area contributed by atoms with Gasteiger partial charge in [0.25, 0.3) is 0 Å². The van der Waals surface area contributed by atoms with Gasteiger partial charge in [0.05, 0.1) is 29.2 Å². The molecule has 5 rings (SSSR count). The van der Waals surface area contributed by atoms with Crippen molar-refractivity contribution in [2.45, 2.75) is 109 Å². The Morgan fingerprint density at radius 2 is 1.67 bits per heavy atom. The molecule has 0 radical (unpaired) electrons. The molecule has 0 aromatic heterocycles. The van der Waals surface area contributed by atoms with Gasteiger partial charge in [-0.2, -0.15) is 0 Å². The number of cyclic esters (lactones) is 1. The fourth-order valence-electron chi connectivity index (χ4n) is 6.85. The maximum atomic E-state index is 14.0. The Hall–Kier alpha value is -3.93. The zero-order chi connectivity index (χ0) is 37.1. The van der Waals surface area contributed by atoms with Crippen LogP contribution in [-0.4, -0.2) is 60.6 Å². The number of carbonyl (C=O) groups is 4. The van der Waals surface area contributed by atoms with Crippen LogP contribution in [0.1, 0.15) is 83.1 Å². The van der Waals surface area contributed by atoms with Crippen molar-refractivity contribution in [1.82, 2.24) is 16.0 Å².